The van der Waals surface area contributed by atoms with Crippen molar-refractivity contribution in [1.29, 1.82) is 0 Å². The van der Waals surface area contributed by atoms with E-state index in [1.165, 1.54) is 6.20 Å². The first-order valence-electron chi connectivity index (χ1n) is 8.61. The number of nitrogens with zero attached hydrogens (tertiary/aromatic N) is 2. The van der Waals surface area contributed by atoms with Gasteiger partial charge >= 0.3 is 6.18 Å². The molecule has 0 saturated heterocycles. The van der Waals surface area contributed by atoms with Crippen LogP contribution in [0.2, 0.25) is 0 Å². The lowest BCUT2D eigenvalue weighted by Gasteiger charge is -2.14. The number of alkyl halides is 3. The molecule has 1 fully saturated rings. The van der Waals surface area contributed by atoms with E-state index in [9.17, 15) is 18.0 Å². The summed E-state index contributed by atoms with van der Waals surface area (Å²) >= 11 is 0. The molecule has 0 spiro atoms. The minimum atomic E-state index is -4.43. The maximum Gasteiger partial charge on any atom is 0.422 e. The van der Waals surface area contributed by atoms with Crippen molar-refractivity contribution in [2.45, 2.75) is 38.4 Å². The first-order valence-corrected chi connectivity index (χ1v) is 8.61. The molecule has 1 N–H and O–H groups in total. The Morgan fingerprint density at radius 1 is 1.33 bits per heavy atom. The molecule has 144 valence electrons. The zero-order chi connectivity index (χ0) is 19.6. The second-order valence-corrected chi connectivity index (χ2v) is 6.78. The van der Waals surface area contributed by atoms with Gasteiger partial charge in [0.15, 0.2) is 6.61 Å². The summed E-state index contributed by atoms with van der Waals surface area (Å²) in [5.74, 6) is -0.123. The summed E-state index contributed by atoms with van der Waals surface area (Å²) in [6.07, 6.45) is -1.20. The van der Waals surface area contributed by atoms with Crippen LogP contribution < -0.4 is 10.1 Å². The molecule has 27 heavy (non-hydrogen) atoms. The van der Waals surface area contributed by atoms with Crippen molar-refractivity contribution in [3.8, 4) is 5.88 Å². The molecule has 1 aromatic carbocycles. The van der Waals surface area contributed by atoms with Crippen LogP contribution in [0.5, 0.6) is 5.88 Å². The van der Waals surface area contributed by atoms with Gasteiger partial charge in [-0.2, -0.15) is 13.2 Å². The Labute approximate surface area is 155 Å². The summed E-state index contributed by atoms with van der Waals surface area (Å²) in [6, 6.07) is 7.72. The number of carbonyl (C=O) groups is 1. The summed E-state index contributed by atoms with van der Waals surface area (Å²) in [5, 5.41) is 2.89. The first kappa shape index (κ1) is 19.1. The molecule has 3 rings (SSSR count). The highest BCUT2D eigenvalue weighted by Crippen LogP contribution is 2.47. The van der Waals surface area contributed by atoms with Gasteiger partial charge in [0.2, 0.25) is 11.8 Å². The van der Waals surface area contributed by atoms with Gasteiger partial charge in [-0.1, -0.05) is 29.8 Å². The topological polar surface area (TPSA) is 64.1 Å². The van der Waals surface area contributed by atoms with Gasteiger partial charge in [-0.15, -0.1) is 0 Å². The highest BCUT2D eigenvalue weighted by molar-refractivity contribution is 5.83. The maximum absolute atomic E-state index is 12.4. The molecule has 3 atom stereocenters. The number of benzene rings is 1. The Morgan fingerprint density at radius 2 is 2.11 bits per heavy atom. The van der Waals surface area contributed by atoms with E-state index >= 15 is 0 Å². The van der Waals surface area contributed by atoms with Crippen molar-refractivity contribution < 1.29 is 22.7 Å². The van der Waals surface area contributed by atoms with Crippen LogP contribution in [0, 0.1) is 12.8 Å². The summed E-state index contributed by atoms with van der Waals surface area (Å²) in [4.78, 5) is 20.3. The molecule has 0 radical (unpaired) electrons. The minimum Gasteiger partial charge on any atom is -0.467 e. The fourth-order valence-electron chi connectivity index (χ4n) is 2.93. The van der Waals surface area contributed by atoms with Gasteiger partial charge in [-0.25, -0.2) is 4.98 Å². The quantitative estimate of drug-likeness (QED) is 0.831. The van der Waals surface area contributed by atoms with Gasteiger partial charge < -0.3 is 10.1 Å². The molecule has 2 unspecified atom stereocenters. The summed E-state index contributed by atoms with van der Waals surface area (Å²) in [7, 11) is 0. The van der Waals surface area contributed by atoms with Crippen LogP contribution in [0.3, 0.4) is 0 Å². The van der Waals surface area contributed by atoms with Crippen LogP contribution >= 0.6 is 0 Å². The van der Waals surface area contributed by atoms with Crippen molar-refractivity contribution in [2.75, 3.05) is 6.61 Å². The standard InChI is InChI=1S/C19H20F3N3O2/c1-11-4-3-5-13(6-11)14-7-15(14)18(26)25-12(2)16-8-24-17(9-23-16)27-10-19(20,21)22/h3-6,8-9,12,14-15H,7,10H2,1-2H3,(H,25,26)/t12-,14?,15?/m1/s1. The van der Waals surface area contributed by atoms with Crippen LogP contribution in [-0.2, 0) is 4.79 Å². The summed E-state index contributed by atoms with van der Waals surface area (Å²) in [6.45, 7) is 2.35. The molecule has 1 heterocycles. The number of aromatic nitrogens is 2. The van der Waals surface area contributed by atoms with Crippen molar-refractivity contribution >= 4 is 5.91 Å². The molecule has 1 amide bonds. The summed E-state index contributed by atoms with van der Waals surface area (Å²) < 4.78 is 40.9. The Hall–Kier alpha value is -2.64. The minimum absolute atomic E-state index is 0.0618. The van der Waals surface area contributed by atoms with E-state index in [0.717, 1.165) is 23.7 Å². The largest absolute Gasteiger partial charge is 0.467 e. The molecule has 1 aliphatic rings. The number of carbonyl (C=O) groups excluding carboxylic acids is 1. The van der Waals surface area contributed by atoms with Crippen LogP contribution in [-0.4, -0.2) is 28.7 Å². The number of amides is 1. The second kappa shape index (κ2) is 7.54. The molecule has 1 aliphatic carbocycles. The number of hydrogen-bond donors (Lipinski definition) is 1. The van der Waals surface area contributed by atoms with Gasteiger partial charge in [-0.05, 0) is 31.7 Å². The molecule has 8 heteroatoms. The SMILES string of the molecule is Cc1cccc(C2CC2C(=O)N[C@H](C)c2cnc(OCC(F)(F)F)cn2)c1. The van der Waals surface area contributed by atoms with E-state index in [4.69, 9.17) is 0 Å². The highest BCUT2D eigenvalue weighted by Gasteiger charge is 2.44. The Kier molecular flexibility index (Phi) is 5.34. The Balaban J connectivity index is 1.53. The fraction of sp³-hybridized carbons (Fsp3) is 0.421. The zero-order valence-corrected chi connectivity index (χ0v) is 15.0. The van der Waals surface area contributed by atoms with Crippen LogP contribution in [0.1, 0.15) is 42.1 Å². The Morgan fingerprint density at radius 3 is 2.74 bits per heavy atom. The van der Waals surface area contributed by atoms with Crippen LogP contribution in [0.15, 0.2) is 36.7 Å². The molecular formula is C19H20F3N3O2. The molecule has 1 saturated carbocycles. The van der Waals surface area contributed by atoms with E-state index in [1.54, 1.807) is 6.92 Å². The lowest BCUT2D eigenvalue weighted by atomic mass is 10.1. The number of rotatable bonds is 6. The maximum atomic E-state index is 12.4. The normalized spacial score (nSPS) is 20.0. The average Bonchev–Trinajstić information content (AvgIpc) is 3.41. The molecule has 1 aromatic heterocycles. The van der Waals surface area contributed by atoms with Crippen molar-refractivity contribution in [3.63, 3.8) is 0 Å². The third-order valence-electron chi connectivity index (χ3n) is 4.43. The predicted molar refractivity (Wildman–Crippen MR) is 92.2 cm³/mol. The van der Waals surface area contributed by atoms with E-state index in [1.807, 2.05) is 25.1 Å². The average molecular weight is 379 g/mol. The molecule has 0 aliphatic heterocycles. The van der Waals surface area contributed by atoms with Gasteiger partial charge in [0.05, 0.1) is 24.1 Å². The lowest BCUT2D eigenvalue weighted by Crippen LogP contribution is -2.29. The first-order chi connectivity index (χ1) is 12.7. The number of aryl methyl sites for hydroxylation is 1. The smallest absolute Gasteiger partial charge is 0.422 e. The van der Waals surface area contributed by atoms with E-state index in [0.29, 0.717) is 5.69 Å². The van der Waals surface area contributed by atoms with Crippen LogP contribution in [0.4, 0.5) is 13.2 Å². The second-order valence-electron chi connectivity index (χ2n) is 6.78. The van der Waals surface area contributed by atoms with Crippen molar-refractivity contribution in [1.82, 2.24) is 15.3 Å². The third-order valence-corrected chi connectivity index (χ3v) is 4.43. The number of nitrogens with one attached hydrogen (secondary N) is 1. The van der Waals surface area contributed by atoms with E-state index in [-0.39, 0.29) is 23.6 Å². The van der Waals surface area contributed by atoms with Gasteiger partial charge in [-0.3, -0.25) is 9.78 Å². The van der Waals surface area contributed by atoms with E-state index in [2.05, 4.69) is 26.1 Å². The molecule has 5 nitrogen and oxygen atoms in total. The molecule has 2 aromatic rings. The van der Waals surface area contributed by atoms with E-state index < -0.39 is 18.8 Å². The zero-order valence-electron chi connectivity index (χ0n) is 15.0. The van der Waals surface area contributed by atoms with Crippen molar-refractivity contribution in [2.24, 2.45) is 5.92 Å². The number of halogens is 3. The van der Waals surface area contributed by atoms with Gasteiger partial charge in [0.25, 0.3) is 0 Å². The molecular weight excluding hydrogens is 359 g/mol. The Bertz CT molecular complexity index is 809. The van der Waals surface area contributed by atoms with Crippen molar-refractivity contribution in [3.05, 3.63) is 53.5 Å². The highest BCUT2D eigenvalue weighted by atomic mass is 19.4. The van der Waals surface area contributed by atoms with Gasteiger partial charge in [0.1, 0.15) is 0 Å². The third kappa shape index (κ3) is 5.18. The van der Waals surface area contributed by atoms with Gasteiger partial charge in [0, 0.05) is 5.92 Å². The summed E-state index contributed by atoms with van der Waals surface area (Å²) in [5.41, 5.74) is 2.78. The predicted octanol–water partition coefficient (Wildman–Crippen LogP) is 3.71. The lowest BCUT2D eigenvalue weighted by molar-refractivity contribution is -0.154. The molecule has 0 bridgehead atoms. The fourth-order valence-corrected chi connectivity index (χ4v) is 2.93. The number of hydrogen-bond acceptors (Lipinski definition) is 4. The number of ether oxygens (including phenoxy) is 1. The van der Waals surface area contributed by atoms with Crippen LogP contribution in [0.25, 0.3) is 0 Å². The monoisotopic (exact) mass is 379 g/mol.